The van der Waals surface area contributed by atoms with Gasteiger partial charge in [-0.2, -0.15) is 0 Å². The molecule has 1 aliphatic rings. The first-order chi connectivity index (χ1) is 11.1. The quantitative estimate of drug-likeness (QED) is 0.561. The van der Waals surface area contributed by atoms with E-state index in [1.165, 1.54) is 0 Å². The fraction of sp³-hybridized carbons (Fsp3) is 0.600. The van der Waals surface area contributed by atoms with E-state index in [1.54, 1.807) is 29.9 Å². The smallest absolute Gasteiger partial charge is 0.309 e. The van der Waals surface area contributed by atoms with Crippen LogP contribution in [0.4, 0.5) is 0 Å². The predicted octanol–water partition coefficient (Wildman–Crippen LogP) is -1.38. The van der Waals surface area contributed by atoms with Crippen LogP contribution in [0, 0.1) is 0 Å². The molecule has 3 N–H and O–H groups in total. The van der Waals surface area contributed by atoms with Crippen molar-refractivity contribution >= 4 is 11.8 Å². The van der Waals surface area contributed by atoms with Crippen LogP contribution in [-0.2, 0) is 21.4 Å². The van der Waals surface area contributed by atoms with Crippen LogP contribution in [0.2, 0.25) is 0 Å². The monoisotopic (exact) mass is 324 g/mol. The Bertz CT molecular complexity index is 525. The summed E-state index contributed by atoms with van der Waals surface area (Å²) in [6, 6.07) is 3.57. The van der Waals surface area contributed by atoms with E-state index >= 15 is 0 Å². The standard InChI is InChI=1S/C15H24N4O4/c1-18-5-2-3-12(18)13(20)11-17-15(22)14(21)16-4-6-19-7-9-23-10-8-19/h2-3,5,13,20H,4,6-11H2,1H3,(H,16,21)(H,17,22). The Hall–Kier alpha value is -1.90. The molecule has 1 saturated heterocycles. The molecule has 23 heavy (non-hydrogen) atoms. The number of aliphatic hydroxyl groups is 1. The van der Waals surface area contributed by atoms with Crippen LogP contribution < -0.4 is 10.6 Å². The van der Waals surface area contributed by atoms with E-state index in [4.69, 9.17) is 4.74 Å². The Morgan fingerprint density at radius 1 is 1.30 bits per heavy atom. The molecular formula is C15H24N4O4. The molecule has 0 aliphatic carbocycles. The molecule has 0 saturated carbocycles. The maximum absolute atomic E-state index is 11.7. The van der Waals surface area contributed by atoms with Gasteiger partial charge in [-0.05, 0) is 12.1 Å². The second-order valence-corrected chi connectivity index (χ2v) is 5.48. The molecule has 0 bridgehead atoms. The normalized spacial score (nSPS) is 16.8. The molecule has 2 heterocycles. The Morgan fingerprint density at radius 2 is 2.00 bits per heavy atom. The summed E-state index contributed by atoms with van der Waals surface area (Å²) in [7, 11) is 1.80. The lowest BCUT2D eigenvalue weighted by Crippen LogP contribution is -2.45. The van der Waals surface area contributed by atoms with Crippen molar-refractivity contribution < 1.29 is 19.4 Å². The summed E-state index contributed by atoms with van der Waals surface area (Å²) in [5.74, 6) is -1.42. The van der Waals surface area contributed by atoms with E-state index in [-0.39, 0.29) is 6.54 Å². The Balaban J connectivity index is 1.64. The first-order valence-corrected chi connectivity index (χ1v) is 7.73. The number of ether oxygens (including phenoxy) is 1. The largest absolute Gasteiger partial charge is 0.385 e. The number of amides is 2. The Morgan fingerprint density at radius 3 is 2.65 bits per heavy atom. The number of rotatable bonds is 6. The number of carbonyl (C=O) groups is 2. The maximum Gasteiger partial charge on any atom is 0.309 e. The summed E-state index contributed by atoms with van der Waals surface area (Å²) in [5, 5.41) is 15.0. The van der Waals surface area contributed by atoms with Crippen LogP contribution in [0.5, 0.6) is 0 Å². The van der Waals surface area contributed by atoms with Crippen LogP contribution in [0.15, 0.2) is 18.3 Å². The number of hydrogen-bond acceptors (Lipinski definition) is 5. The molecule has 128 valence electrons. The van der Waals surface area contributed by atoms with Crippen molar-refractivity contribution in [2.75, 3.05) is 45.9 Å². The van der Waals surface area contributed by atoms with Crippen molar-refractivity contribution in [3.8, 4) is 0 Å². The average molecular weight is 324 g/mol. The zero-order valence-electron chi connectivity index (χ0n) is 13.3. The zero-order chi connectivity index (χ0) is 16.7. The number of nitrogens with zero attached hydrogens (tertiary/aromatic N) is 2. The van der Waals surface area contributed by atoms with Crippen molar-refractivity contribution in [1.82, 2.24) is 20.1 Å². The van der Waals surface area contributed by atoms with Gasteiger partial charge in [0.25, 0.3) is 0 Å². The van der Waals surface area contributed by atoms with Crippen LogP contribution in [0.25, 0.3) is 0 Å². The summed E-state index contributed by atoms with van der Waals surface area (Å²) in [6.07, 6.45) is 0.957. The van der Waals surface area contributed by atoms with Crippen molar-refractivity contribution in [1.29, 1.82) is 0 Å². The number of aliphatic hydroxyl groups excluding tert-OH is 1. The van der Waals surface area contributed by atoms with Gasteiger partial charge in [-0.3, -0.25) is 14.5 Å². The highest BCUT2D eigenvalue weighted by atomic mass is 16.5. The third-order valence-corrected chi connectivity index (χ3v) is 3.80. The van der Waals surface area contributed by atoms with Crippen molar-refractivity contribution in [2.45, 2.75) is 6.10 Å². The molecule has 1 unspecified atom stereocenters. The molecule has 1 aromatic rings. The minimum absolute atomic E-state index is 0.00638. The third kappa shape index (κ3) is 5.34. The number of nitrogens with one attached hydrogen (secondary N) is 2. The van der Waals surface area contributed by atoms with Crippen molar-refractivity contribution in [2.24, 2.45) is 7.05 Å². The number of aromatic nitrogens is 1. The fourth-order valence-corrected chi connectivity index (χ4v) is 2.43. The Kier molecular flexibility index (Phi) is 6.57. The van der Waals surface area contributed by atoms with Gasteiger partial charge < -0.3 is 25.0 Å². The Labute approximate surface area is 135 Å². The molecule has 1 aliphatic heterocycles. The highest BCUT2D eigenvalue weighted by molar-refractivity contribution is 6.35. The number of aryl methyl sites for hydroxylation is 1. The minimum atomic E-state index is -0.847. The van der Waals surface area contributed by atoms with Crippen molar-refractivity contribution in [3.05, 3.63) is 24.0 Å². The summed E-state index contributed by atoms with van der Waals surface area (Å²) < 4.78 is 7.00. The SMILES string of the molecule is Cn1cccc1C(O)CNC(=O)C(=O)NCCN1CCOCC1. The molecule has 0 aromatic carbocycles. The maximum atomic E-state index is 11.7. The summed E-state index contributed by atoms with van der Waals surface area (Å²) in [4.78, 5) is 25.6. The van der Waals surface area contributed by atoms with E-state index in [0.717, 1.165) is 13.1 Å². The number of carbonyl (C=O) groups excluding carboxylic acids is 2. The highest BCUT2D eigenvalue weighted by Crippen LogP contribution is 2.10. The van der Waals surface area contributed by atoms with Gasteiger partial charge in [-0.15, -0.1) is 0 Å². The van der Waals surface area contributed by atoms with Crippen LogP contribution in [0.3, 0.4) is 0 Å². The van der Waals surface area contributed by atoms with Crippen molar-refractivity contribution in [3.63, 3.8) is 0 Å². The van der Waals surface area contributed by atoms with Gasteiger partial charge in [0.1, 0.15) is 6.10 Å². The molecule has 0 radical (unpaired) electrons. The minimum Gasteiger partial charge on any atom is -0.385 e. The summed E-state index contributed by atoms with van der Waals surface area (Å²) in [5.41, 5.74) is 0.679. The summed E-state index contributed by atoms with van der Waals surface area (Å²) in [6.45, 7) is 4.17. The lowest BCUT2D eigenvalue weighted by Gasteiger charge is -2.26. The van der Waals surface area contributed by atoms with Gasteiger partial charge in [0.15, 0.2) is 0 Å². The topological polar surface area (TPSA) is 95.8 Å². The summed E-state index contributed by atoms with van der Waals surface area (Å²) >= 11 is 0. The molecule has 0 spiro atoms. The second kappa shape index (κ2) is 8.66. The van der Waals surface area contributed by atoms with E-state index in [0.29, 0.717) is 32.0 Å². The van der Waals surface area contributed by atoms with Gasteiger partial charge >= 0.3 is 11.8 Å². The lowest BCUT2D eigenvalue weighted by atomic mass is 10.2. The van der Waals surface area contributed by atoms with E-state index < -0.39 is 17.9 Å². The van der Waals surface area contributed by atoms with E-state index in [2.05, 4.69) is 15.5 Å². The van der Waals surface area contributed by atoms with Crippen LogP contribution in [0.1, 0.15) is 11.8 Å². The molecular weight excluding hydrogens is 300 g/mol. The van der Waals surface area contributed by atoms with Crippen LogP contribution >= 0.6 is 0 Å². The fourth-order valence-electron chi connectivity index (χ4n) is 2.43. The second-order valence-electron chi connectivity index (χ2n) is 5.48. The first kappa shape index (κ1) is 17.5. The third-order valence-electron chi connectivity index (χ3n) is 3.80. The molecule has 1 aromatic heterocycles. The molecule has 2 rings (SSSR count). The van der Waals surface area contributed by atoms with Crippen LogP contribution in [-0.4, -0.2) is 72.3 Å². The van der Waals surface area contributed by atoms with Gasteiger partial charge in [0, 0.05) is 51.7 Å². The molecule has 1 atom stereocenters. The van der Waals surface area contributed by atoms with Gasteiger partial charge in [-0.25, -0.2) is 0 Å². The average Bonchev–Trinajstić information content (AvgIpc) is 2.99. The molecule has 8 nitrogen and oxygen atoms in total. The molecule has 8 heteroatoms. The van der Waals surface area contributed by atoms with Gasteiger partial charge in [0.05, 0.1) is 13.2 Å². The molecule has 1 fully saturated rings. The highest BCUT2D eigenvalue weighted by Gasteiger charge is 2.17. The number of hydrogen-bond donors (Lipinski definition) is 3. The van der Waals surface area contributed by atoms with Gasteiger partial charge in [-0.1, -0.05) is 0 Å². The van der Waals surface area contributed by atoms with E-state index in [9.17, 15) is 14.7 Å². The predicted molar refractivity (Wildman–Crippen MR) is 83.7 cm³/mol. The first-order valence-electron chi connectivity index (χ1n) is 7.73. The lowest BCUT2D eigenvalue weighted by molar-refractivity contribution is -0.139. The molecule has 2 amide bonds. The zero-order valence-corrected chi connectivity index (χ0v) is 13.3. The number of morpholine rings is 1. The van der Waals surface area contributed by atoms with E-state index in [1.807, 2.05) is 0 Å². The van der Waals surface area contributed by atoms with Gasteiger partial charge in [0.2, 0.25) is 0 Å².